The maximum absolute atomic E-state index is 13.2. The zero-order valence-corrected chi connectivity index (χ0v) is 18.9. The van der Waals surface area contributed by atoms with Gasteiger partial charge in [0.05, 0.1) is 28.8 Å². The molecule has 1 saturated heterocycles. The van der Waals surface area contributed by atoms with Gasteiger partial charge in [0.1, 0.15) is 0 Å². The van der Waals surface area contributed by atoms with Gasteiger partial charge in [-0.25, -0.2) is 9.67 Å². The van der Waals surface area contributed by atoms with Crippen LogP contribution in [0, 0.1) is 13.8 Å². The van der Waals surface area contributed by atoms with Gasteiger partial charge in [-0.05, 0) is 25.5 Å². The molecule has 0 radical (unpaired) electrons. The minimum atomic E-state index is -0.0544. The SMILES string of the molecule is Cc1ccccc1-n1ncc(C(=O)N2CCN(Cc3cc(=O)n4ccsc4n3)CC2)c1C. The Bertz CT molecular complexity index is 1350. The van der Waals surface area contributed by atoms with Gasteiger partial charge in [-0.3, -0.25) is 18.9 Å². The molecular weight excluding hydrogens is 424 g/mol. The predicted octanol–water partition coefficient (Wildman–Crippen LogP) is 2.52. The molecule has 9 heteroatoms. The molecule has 0 bridgehead atoms. The number of nitrogens with zero attached hydrogens (tertiary/aromatic N) is 6. The van der Waals surface area contributed by atoms with E-state index in [1.54, 1.807) is 22.9 Å². The number of para-hydroxylation sites is 1. The van der Waals surface area contributed by atoms with Crippen LogP contribution in [-0.2, 0) is 6.54 Å². The Morgan fingerprint density at radius 3 is 2.69 bits per heavy atom. The fourth-order valence-corrected chi connectivity index (χ4v) is 4.88. The van der Waals surface area contributed by atoms with Crippen molar-refractivity contribution in [2.45, 2.75) is 20.4 Å². The Morgan fingerprint density at radius 2 is 1.91 bits per heavy atom. The second kappa shape index (κ2) is 8.33. The highest BCUT2D eigenvalue weighted by molar-refractivity contribution is 7.15. The number of piperazine rings is 1. The number of aromatic nitrogens is 4. The van der Waals surface area contributed by atoms with Crippen molar-refractivity contribution in [1.29, 1.82) is 0 Å². The third-order valence-corrected chi connectivity index (χ3v) is 6.74. The van der Waals surface area contributed by atoms with Crippen LogP contribution in [0.3, 0.4) is 0 Å². The molecule has 1 aromatic carbocycles. The highest BCUT2D eigenvalue weighted by Crippen LogP contribution is 2.19. The number of benzene rings is 1. The van der Waals surface area contributed by atoms with E-state index in [-0.39, 0.29) is 11.5 Å². The lowest BCUT2D eigenvalue weighted by Gasteiger charge is -2.34. The van der Waals surface area contributed by atoms with Gasteiger partial charge in [-0.2, -0.15) is 5.10 Å². The lowest BCUT2D eigenvalue weighted by Crippen LogP contribution is -2.48. The summed E-state index contributed by atoms with van der Waals surface area (Å²) in [6.07, 6.45) is 3.41. The van der Waals surface area contributed by atoms with Crippen LogP contribution in [0.25, 0.3) is 10.6 Å². The van der Waals surface area contributed by atoms with Gasteiger partial charge >= 0.3 is 0 Å². The van der Waals surface area contributed by atoms with Crippen molar-refractivity contribution >= 4 is 22.2 Å². The second-order valence-electron chi connectivity index (χ2n) is 8.05. The molecule has 32 heavy (non-hydrogen) atoms. The number of hydrogen-bond acceptors (Lipinski definition) is 6. The number of thiazole rings is 1. The normalized spacial score (nSPS) is 14.9. The molecule has 5 rings (SSSR count). The van der Waals surface area contributed by atoms with Crippen molar-refractivity contribution in [2.24, 2.45) is 0 Å². The van der Waals surface area contributed by atoms with Crippen LogP contribution in [0.2, 0.25) is 0 Å². The number of aryl methyl sites for hydroxylation is 1. The fourth-order valence-electron chi connectivity index (χ4n) is 4.14. The summed E-state index contributed by atoms with van der Waals surface area (Å²) in [6, 6.07) is 9.62. The summed E-state index contributed by atoms with van der Waals surface area (Å²) >= 11 is 1.45. The third-order valence-electron chi connectivity index (χ3n) is 5.99. The summed E-state index contributed by atoms with van der Waals surface area (Å²) in [5, 5.41) is 6.34. The van der Waals surface area contributed by atoms with Crippen LogP contribution >= 0.6 is 11.3 Å². The van der Waals surface area contributed by atoms with Crippen LogP contribution in [0.1, 0.15) is 27.3 Å². The average Bonchev–Trinajstić information content (AvgIpc) is 3.41. The molecule has 0 saturated carbocycles. The van der Waals surface area contributed by atoms with E-state index >= 15 is 0 Å². The zero-order valence-electron chi connectivity index (χ0n) is 18.1. The Balaban J connectivity index is 1.26. The molecular formula is C23H24N6O2S. The molecule has 1 aliphatic rings. The van der Waals surface area contributed by atoms with Crippen LogP contribution in [0.4, 0.5) is 0 Å². The molecule has 1 fully saturated rings. The highest BCUT2D eigenvalue weighted by Gasteiger charge is 2.25. The van der Waals surface area contributed by atoms with Crippen LogP contribution in [-0.4, -0.2) is 61.1 Å². The summed E-state index contributed by atoms with van der Waals surface area (Å²) in [5.74, 6) is 0.0124. The number of carbonyl (C=O) groups is 1. The van der Waals surface area contributed by atoms with Crippen LogP contribution in [0.5, 0.6) is 0 Å². The minimum absolute atomic E-state index is 0.0124. The van der Waals surface area contributed by atoms with E-state index in [2.05, 4.69) is 15.0 Å². The van der Waals surface area contributed by atoms with Gasteiger partial charge in [0.15, 0.2) is 4.96 Å². The summed E-state index contributed by atoms with van der Waals surface area (Å²) in [4.78, 5) is 34.8. The number of hydrogen-bond donors (Lipinski definition) is 0. The predicted molar refractivity (Wildman–Crippen MR) is 124 cm³/mol. The first-order valence-electron chi connectivity index (χ1n) is 10.6. The van der Waals surface area contributed by atoms with Gasteiger partial charge < -0.3 is 4.90 Å². The summed E-state index contributed by atoms with van der Waals surface area (Å²) in [6.45, 7) is 7.33. The van der Waals surface area contributed by atoms with Gasteiger partial charge in [0.2, 0.25) is 0 Å². The van der Waals surface area contributed by atoms with Gasteiger partial charge in [-0.15, -0.1) is 11.3 Å². The topological polar surface area (TPSA) is 75.7 Å². The molecule has 0 spiro atoms. The first kappa shape index (κ1) is 20.6. The summed E-state index contributed by atoms with van der Waals surface area (Å²) < 4.78 is 3.40. The first-order chi connectivity index (χ1) is 15.5. The maximum Gasteiger partial charge on any atom is 0.258 e. The first-order valence-corrected chi connectivity index (χ1v) is 11.5. The van der Waals surface area contributed by atoms with E-state index in [4.69, 9.17) is 0 Å². The smallest absolute Gasteiger partial charge is 0.258 e. The second-order valence-corrected chi connectivity index (χ2v) is 8.92. The molecule has 4 heterocycles. The lowest BCUT2D eigenvalue weighted by molar-refractivity contribution is 0.0626. The van der Waals surface area contributed by atoms with Crippen molar-refractivity contribution < 1.29 is 4.79 Å². The monoisotopic (exact) mass is 448 g/mol. The van der Waals surface area contributed by atoms with E-state index in [0.29, 0.717) is 30.2 Å². The standard InChI is InChI=1S/C23H24N6O2S/c1-16-5-3-4-6-20(16)29-17(2)19(14-24-29)22(31)27-9-7-26(8-10-27)15-18-13-21(30)28-11-12-32-23(28)25-18/h3-6,11-14H,7-10,15H2,1-2H3. The van der Waals surface area contributed by atoms with E-state index in [1.165, 1.54) is 11.3 Å². The van der Waals surface area contributed by atoms with Gasteiger partial charge in [-0.1, -0.05) is 18.2 Å². The minimum Gasteiger partial charge on any atom is -0.336 e. The number of amides is 1. The molecule has 8 nitrogen and oxygen atoms in total. The number of carbonyl (C=O) groups excluding carboxylic acids is 1. The Hall–Kier alpha value is -3.30. The maximum atomic E-state index is 13.2. The largest absolute Gasteiger partial charge is 0.336 e. The quantitative estimate of drug-likeness (QED) is 0.480. The summed E-state index contributed by atoms with van der Waals surface area (Å²) in [5.41, 5.74) is 4.30. The van der Waals surface area contributed by atoms with Crippen molar-refractivity contribution in [3.05, 3.63) is 81.0 Å². The van der Waals surface area contributed by atoms with E-state index < -0.39 is 0 Å². The molecule has 3 aromatic heterocycles. The third kappa shape index (κ3) is 3.74. The highest BCUT2D eigenvalue weighted by atomic mass is 32.1. The van der Waals surface area contributed by atoms with Crippen molar-refractivity contribution in [3.63, 3.8) is 0 Å². The number of fused-ring (bicyclic) bond motifs is 1. The zero-order chi connectivity index (χ0) is 22.2. The lowest BCUT2D eigenvalue weighted by atomic mass is 10.1. The van der Waals surface area contributed by atoms with Crippen molar-refractivity contribution in [3.8, 4) is 5.69 Å². The molecule has 4 aromatic rings. The van der Waals surface area contributed by atoms with E-state index in [1.807, 2.05) is 53.1 Å². The molecule has 0 N–H and O–H groups in total. The molecule has 0 atom stereocenters. The van der Waals surface area contributed by atoms with Crippen molar-refractivity contribution in [2.75, 3.05) is 26.2 Å². The van der Waals surface area contributed by atoms with Gasteiger partial charge in [0.25, 0.3) is 11.5 Å². The average molecular weight is 449 g/mol. The molecule has 1 aliphatic heterocycles. The molecule has 164 valence electrons. The Labute approximate surface area is 189 Å². The van der Waals surface area contributed by atoms with Gasteiger partial charge in [0, 0.05) is 50.4 Å². The summed E-state index contributed by atoms with van der Waals surface area (Å²) in [7, 11) is 0. The Morgan fingerprint density at radius 1 is 1.12 bits per heavy atom. The number of rotatable bonds is 4. The van der Waals surface area contributed by atoms with Crippen LogP contribution < -0.4 is 5.56 Å². The molecule has 0 unspecified atom stereocenters. The fraction of sp³-hybridized carbons (Fsp3) is 0.304. The van der Waals surface area contributed by atoms with Crippen molar-refractivity contribution in [1.82, 2.24) is 29.0 Å². The van der Waals surface area contributed by atoms with E-state index in [9.17, 15) is 9.59 Å². The van der Waals surface area contributed by atoms with Crippen LogP contribution in [0.15, 0.2) is 52.9 Å². The molecule has 1 amide bonds. The van der Waals surface area contributed by atoms with E-state index in [0.717, 1.165) is 35.7 Å². The Kier molecular flexibility index (Phi) is 5.36. The molecule has 0 aliphatic carbocycles.